The van der Waals surface area contributed by atoms with Gasteiger partial charge in [0.2, 0.25) is 0 Å². The average Bonchev–Trinajstić information content (AvgIpc) is 3.12. The highest BCUT2D eigenvalue weighted by molar-refractivity contribution is 9.10. The van der Waals surface area contributed by atoms with Crippen molar-refractivity contribution in [2.45, 2.75) is 12.3 Å². The lowest BCUT2D eigenvalue weighted by Crippen LogP contribution is -2.26. The van der Waals surface area contributed by atoms with Crippen molar-refractivity contribution in [2.24, 2.45) is 0 Å². The minimum Gasteiger partial charge on any atom is -0.478 e. The summed E-state index contributed by atoms with van der Waals surface area (Å²) in [4.78, 5) is 23.1. The van der Waals surface area contributed by atoms with Crippen molar-refractivity contribution >= 4 is 28.0 Å². The van der Waals surface area contributed by atoms with Gasteiger partial charge in [-0.2, -0.15) is 0 Å². The highest BCUT2D eigenvalue weighted by Gasteiger charge is 2.28. The quantitative estimate of drug-likeness (QED) is 0.370. The maximum atomic E-state index is 12.2. The van der Waals surface area contributed by atoms with Gasteiger partial charge in [-0.05, 0) is 56.4 Å². The van der Waals surface area contributed by atoms with Crippen LogP contribution >= 0.6 is 15.9 Å². The molecule has 0 unspecified atom stereocenters. The predicted molar refractivity (Wildman–Crippen MR) is 126 cm³/mol. The van der Waals surface area contributed by atoms with E-state index in [2.05, 4.69) is 57.4 Å². The zero-order valence-corrected chi connectivity index (χ0v) is 18.7. The molecule has 0 fully saturated rings. The number of aromatic carboxylic acids is 1. The monoisotopic (exact) mass is 489 g/mol. The predicted octanol–water partition coefficient (Wildman–Crippen LogP) is 5.43. The van der Waals surface area contributed by atoms with Crippen molar-refractivity contribution in [1.29, 1.82) is 0 Å². The van der Waals surface area contributed by atoms with E-state index < -0.39 is 12.1 Å². The van der Waals surface area contributed by atoms with Crippen LogP contribution in [0.15, 0.2) is 71.2 Å². The van der Waals surface area contributed by atoms with Crippen molar-refractivity contribution in [3.8, 4) is 23.0 Å². The lowest BCUT2D eigenvalue weighted by atomic mass is 9.98. The zero-order chi connectivity index (χ0) is 22.5. The van der Waals surface area contributed by atoms with Crippen molar-refractivity contribution in [1.82, 2.24) is 5.32 Å². The maximum Gasteiger partial charge on any atom is 0.407 e. The molecule has 0 spiro atoms. The molecule has 0 bridgehead atoms. The molecule has 0 aromatic heterocycles. The molecule has 5 nitrogen and oxygen atoms in total. The standard InChI is InChI=1S/C26H20BrNO4/c27-24-15-18(25(29)30)13-12-17(24)7-5-6-14-28-26(31)32-16-23-21-10-3-1-8-19(21)20-9-2-4-11-22(20)23/h1-4,8-13,15,23H,6,14,16H2,(H,28,31)(H,29,30). The Morgan fingerprint density at radius 2 is 1.66 bits per heavy atom. The first kappa shape index (κ1) is 21.7. The fourth-order valence-electron chi connectivity index (χ4n) is 3.78. The van der Waals surface area contributed by atoms with Crippen LogP contribution in [0.25, 0.3) is 11.1 Å². The minimum atomic E-state index is -0.988. The minimum absolute atomic E-state index is 0.0269. The largest absolute Gasteiger partial charge is 0.478 e. The third-order valence-electron chi connectivity index (χ3n) is 5.30. The summed E-state index contributed by atoms with van der Waals surface area (Å²) < 4.78 is 6.12. The van der Waals surface area contributed by atoms with Crippen LogP contribution in [-0.2, 0) is 4.74 Å². The second-order valence-electron chi connectivity index (χ2n) is 7.30. The van der Waals surface area contributed by atoms with E-state index in [1.807, 2.05) is 24.3 Å². The van der Waals surface area contributed by atoms with Gasteiger partial charge in [-0.1, -0.05) is 60.4 Å². The number of halogens is 1. The molecule has 1 amide bonds. The Bertz CT molecular complexity index is 1200. The zero-order valence-electron chi connectivity index (χ0n) is 17.1. The van der Waals surface area contributed by atoms with Crippen LogP contribution in [-0.4, -0.2) is 30.3 Å². The van der Waals surface area contributed by atoms with Gasteiger partial charge in [0.25, 0.3) is 0 Å². The van der Waals surface area contributed by atoms with Crippen molar-refractivity contribution in [3.05, 3.63) is 93.5 Å². The Balaban J connectivity index is 1.28. The molecule has 0 saturated carbocycles. The Morgan fingerprint density at radius 3 is 2.28 bits per heavy atom. The van der Waals surface area contributed by atoms with E-state index in [-0.39, 0.29) is 18.1 Å². The van der Waals surface area contributed by atoms with Crippen LogP contribution in [0.5, 0.6) is 0 Å². The van der Waals surface area contributed by atoms with Gasteiger partial charge in [-0.3, -0.25) is 0 Å². The van der Waals surface area contributed by atoms with Crippen LogP contribution in [0.2, 0.25) is 0 Å². The third-order valence-corrected chi connectivity index (χ3v) is 5.96. The Morgan fingerprint density at radius 1 is 1.00 bits per heavy atom. The molecule has 32 heavy (non-hydrogen) atoms. The summed E-state index contributed by atoms with van der Waals surface area (Å²) in [5, 5.41) is 11.7. The molecule has 4 rings (SSSR count). The number of hydrogen-bond acceptors (Lipinski definition) is 3. The normalized spacial score (nSPS) is 11.7. The van der Waals surface area contributed by atoms with Gasteiger partial charge in [0.1, 0.15) is 6.61 Å². The molecule has 1 aliphatic rings. The lowest BCUT2D eigenvalue weighted by molar-refractivity contribution is 0.0696. The number of rotatable bonds is 5. The smallest absolute Gasteiger partial charge is 0.407 e. The Labute approximate surface area is 194 Å². The van der Waals surface area contributed by atoms with Gasteiger partial charge in [0, 0.05) is 28.9 Å². The van der Waals surface area contributed by atoms with E-state index in [9.17, 15) is 9.59 Å². The van der Waals surface area contributed by atoms with Crippen LogP contribution in [0.3, 0.4) is 0 Å². The number of nitrogens with one attached hydrogen (secondary N) is 1. The van der Waals surface area contributed by atoms with Gasteiger partial charge in [0.15, 0.2) is 0 Å². The summed E-state index contributed by atoms with van der Waals surface area (Å²) in [6, 6.07) is 21.1. The number of carbonyl (C=O) groups is 2. The first-order chi connectivity index (χ1) is 15.5. The van der Waals surface area contributed by atoms with Crippen LogP contribution < -0.4 is 5.32 Å². The first-order valence-corrected chi connectivity index (χ1v) is 10.9. The van der Waals surface area contributed by atoms with Crippen LogP contribution in [0.4, 0.5) is 4.79 Å². The lowest BCUT2D eigenvalue weighted by Gasteiger charge is -2.14. The molecule has 0 saturated heterocycles. The molecular formula is C26H20BrNO4. The summed E-state index contributed by atoms with van der Waals surface area (Å²) >= 11 is 3.33. The average molecular weight is 490 g/mol. The number of alkyl carbamates (subject to hydrolysis) is 1. The highest BCUT2D eigenvalue weighted by atomic mass is 79.9. The number of amides is 1. The van der Waals surface area contributed by atoms with Gasteiger partial charge in [-0.15, -0.1) is 0 Å². The van der Waals surface area contributed by atoms with E-state index >= 15 is 0 Å². The molecule has 3 aromatic carbocycles. The third kappa shape index (κ3) is 4.68. The van der Waals surface area contributed by atoms with Crippen LogP contribution in [0.1, 0.15) is 39.4 Å². The number of carboxylic acids is 1. The number of carboxylic acid groups (broad SMARTS) is 1. The number of fused-ring (bicyclic) bond motifs is 3. The van der Waals surface area contributed by atoms with Crippen molar-refractivity contribution in [3.63, 3.8) is 0 Å². The van der Waals surface area contributed by atoms with E-state index in [1.54, 1.807) is 6.07 Å². The number of hydrogen-bond donors (Lipinski definition) is 2. The van der Waals surface area contributed by atoms with E-state index in [1.165, 1.54) is 34.4 Å². The van der Waals surface area contributed by atoms with Crippen LogP contribution in [0, 0.1) is 11.8 Å². The number of benzene rings is 3. The molecule has 3 aromatic rings. The molecule has 0 heterocycles. The SMILES string of the molecule is O=C(NCCC#Cc1ccc(C(=O)O)cc1Br)OCC1c2ccccc2-c2ccccc21. The molecule has 6 heteroatoms. The van der Waals surface area contributed by atoms with E-state index in [0.717, 1.165) is 0 Å². The molecule has 0 radical (unpaired) electrons. The summed E-state index contributed by atoms with van der Waals surface area (Å²) in [6.45, 7) is 0.628. The van der Waals surface area contributed by atoms with E-state index in [4.69, 9.17) is 9.84 Å². The summed E-state index contributed by atoms with van der Waals surface area (Å²) in [7, 11) is 0. The summed E-state index contributed by atoms with van der Waals surface area (Å²) in [5.74, 6) is 4.98. The summed E-state index contributed by atoms with van der Waals surface area (Å²) in [5.41, 5.74) is 5.61. The fourth-order valence-corrected chi connectivity index (χ4v) is 4.26. The number of carbonyl (C=O) groups excluding carboxylic acids is 1. The molecule has 2 N–H and O–H groups in total. The first-order valence-electron chi connectivity index (χ1n) is 10.1. The molecular weight excluding hydrogens is 470 g/mol. The molecule has 160 valence electrons. The van der Waals surface area contributed by atoms with Gasteiger partial charge >= 0.3 is 12.1 Å². The van der Waals surface area contributed by atoms with Gasteiger partial charge in [0.05, 0.1) is 5.56 Å². The Kier molecular flexibility index (Phi) is 6.58. The topological polar surface area (TPSA) is 75.6 Å². The number of ether oxygens (including phenoxy) is 1. The van der Waals surface area contributed by atoms with Gasteiger partial charge in [-0.25, -0.2) is 9.59 Å². The second kappa shape index (κ2) is 9.71. The molecule has 1 aliphatic carbocycles. The Hall–Kier alpha value is -3.56. The molecule has 0 aliphatic heterocycles. The molecule has 0 atom stereocenters. The van der Waals surface area contributed by atoms with Crippen molar-refractivity contribution < 1.29 is 19.4 Å². The van der Waals surface area contributed by atoms with E-state index in [0.29, 0.717) is 23.0 Å². The van der Waals surface area contributed by atoms with Gasteiger partial charge < -0.3 is 15.2 Å². The van der Waals surface area contributed by atoms with Crippen molar-refractivity contribution in [2.75, 3.05) is 13.2 Å². The second-order valence-corrected chi connectivity index (χ2v) is 8.16. The maximum absolute atomic E-state index is 12.2. The fraction of sp³-hybridized carbons (Fsp3) is 0.154. The summed E-state index contributed by atoms with van der Waals surface area (Å²) in [6.07, 6.45) is -0.0298. The highest BCUT2D eigenvalue weighted by Crippen LogP contribution is 2.44.